The van der Waals surface area contributed by atoms with Crippen LogP contribution in [0.2, 0.25) is 0 Å². The standard InChI is InChI=1S/C14H13NO3S2/c16-13(15-8-9-3-2-6-20-9)7-11-10(14(17)18)4-1-5-12(11)19/h1-6,19H,7-8H2,(H,15,16)(H,17,18). The highest BCUT2D eigenvalue weighted by Crippen LogP contribution is 2.19. The van der Waals surface area contributed by atoms with Crippen molar-refractivity contribution in [1.29, 1.82) is 0 Å². The van der Waals surface area contributed by atoms with E-state index in [1.807, 2.05) is 17.5 Å². The Labute approximate surface area is 125 Å². The van der Waals surface area contributed by atoms with E-state index in [-0.39, 0.29) is 17.9 Å². The zero-order chi connectivity index (χ0) is 14.5. The average Bonchev–Trinajstić information content (AvgIpc) is 2.91. The van der Waals surface area contributed by atoms with Crippen molar-refractivity contribution in [2.24, 2.45) is 0 Å². The Balaban J connectivity index is 2.06. The Bertz CT molecular complexity index is 623. The van der Waals surface area contributed by atoms with Crippen molar-refractivity contribution in [1.82, 2.24) is 5.32 Å². The first kappa shape index (κ1) is 14.6. The zero-order valence-corrected chi connectivity index (χ0v) is 12.2. The molecule has 2 N–H and O–H groups in total. The monoisotopic (exact) mass is 307 g/mol. The van der Waals surface area contributed by atoms with Gasteiger partial charge in [0.25, 0.3) is 0 Å². The van der Waals surface area contributed by atoms with Gasteiger partial charge in [-0.15, -0.1) is 24.0 Å². The second-order valence-corrected chi connectivity index (χ2v) is 5.66. The number of aromatic carboxylic acids is 1. The van der Waals surface area contributed by atoms with Crippen molar-refractivity contribution in [2.45, 2.75) is 17.9 Å². The lowest BCUT2D eigenvalue weighted by atomic mass is 10.0. The number of thiophene rings is 1. The number of carboxylic acid groups (broad SMARTS) is 1. The van der Waals surface area contributed by atoms with Gasteiger partial charge in [-0.25, -0.2) is 4.79 Å². The van der Waals surface area contributed by atoms with Crippen LogP contribution in [-0.4, -0.2) is 17.0 Å². The van der Waals surface area contributed by atoms with E-state index in [0.29, 0.717) is 17.0 Å². The summed E-state index contributed by atoms with van der Waals surface area (Å²) < 4.78 is 0. The van der Waals surface area contributed by atoms with Gasteiger partial charge >= 0.3 is 5.97 Å². The number of benzene rings is 1. The third-order valence-electron chi connectivity index (χ3n) is 2.76. The van der Waals surface area contributed by atoms with Gasteiger partial charge in [0, 0.05) is 9.77 Å². The molecule has 0 saturated carbocycles. The molecule has 0 aliphatic carbocycles. The molecule has 0 bridgehead atoms. The van der Waals surface area contributed by atoms with Crippen molar-refractivity contribution in [3.8, 4) is 0 Å². The minimum atomic E-state index is -1.05. The number of carbonyl (C=O) groups is 2. The predicted octanol–water partition coefficient (Wildman–Crippen LogP) is 2.59. The molecule has 0 aliphatic heterocycles. The van der Waals surface area contributed by atoms with E-state index >= 15 is 0 Å². The normalized spacial score (nSPS) is 10.2. The third-order valence-corrected chi connectivity index (χ3v) is 4.05. The Kier molecular flexibility index (Phi) is 4.81. The fourth-order valence-electron chi connectivity index (χ4n) is 1.78. The fourth-order valence-corrected chi connectivity index (χ4v) is 2.71. The molecule has 104 valence electrons. The molecular formula is C14H13NO3S2. The molecule has 1 amide bonds. The van der Waals surface area contributed by atoms with Gasteiger partial charge in [0.2, 0.25) is 5.91 Å². The highest BCUT2D eigenvalue weighted by molar-refractivity contribution is 7.80. The van der Waals surface area contributed by atoms with Gasteiger partial charge < -0.3 is 10.4 Å². The molecule has 0 unspecified atom stereocenters. The smallest absolute Gasteiger partial charge is 0.336 e. The summed E-state index contributed by atoms with van der Waals surface area (Å²) in [5, 5.41) is 13.8. The molecule has 2 rings (SSSR count). The molecule has 1 aromatic carbocycles. The highest BCUT2D eigenvalue weighted by Gasteiger charge is 2.15. The molecular weight excluding hydrogens is 294 g/mol. The van der Waals surface area contributed by atoms with Crippen molar-refractivity contribution in [3.05, 3.63) is 51.7 Å². The molecule has 20 heavy (non-hydrogen) atoms. The first-order chi connectivity index (χ1) is 9.58. The first-order valence-electron chi connectivity index (χ1n) is 5.91. The maximum absolute atomic E-state index is 11.9. The number of hydrogen-bond donors (Lipinski definition) is 3. The summed E-state index contributed by atoms with van der Waals surface area (Å²) in [6.07, 6.45) is 0.00663. The molecule has 6 heteroatoms. The molecule has 4 nitrogen and oxygen atoms in total. The number of carbonyl (C=O) groups excluding carboxylic acids is 1. The van der Waals surface area contributed by atoms with Crippen LogP contribution in [0.5, 0.6) is 0 Å². The van der Waals surface area contributed by atoms with Gasteiger partial charge in [0.05, 0.1) is 18.5 Å². The second-order valence-electron chi connectivity index (χ2n) is 4.14. The molecule has 0 radical (unpaired) electrons. The molecule has 0 spiro atoms. The van der Waals surface area contributed by atoms with Crippen molar-refractivity contribution >= 4 is 35.8 Å². The van der Waals surface area contributed by atoms with Gasteiger partial charge in [-0.2, -0.15) is 0 Å². The molecule has 0 saturated heterocycles. The number of carboxylic acids is 1. The van der Waals surface area contributed by atoms with E-state index in [9.17, 15) is 9.59 Å². The van der Waals surface area contributed by atoms with E-state index in [2.05, 4.69) is 17.9 Å². The summed E-state index contributed by atoms with van der Waals surface area (Å²) in [5.74, 6) is -1.27. The van der Waals surface area contributed by atoms with Crippen LogP contribution in [0.1, 0.15) is 20.8 Å². The largest absolute Gasteiger partial charge is 0.478 e. The van der Waals surface area contributed by atoms with E-state index in [4.69, 9.17) is 5.11 Å². The average molecular weight is 307 g/mol. The van der Waals surface area contributed by atoms with Gasteiger partial charge in [0.1, 0.15) is 0 Å². The van der Waals surface area contributed by atoms with Crippen molar-refractivity contribution in [3.63, 3.8) is 0 Å². The molecule has 0 atom stereocenters. The zero-order valence-electron chi connectivity index (χ0n) is 10.5. The lowest BCUT2D eigenvalue weighted by molar-refractivity contribution is -0.120. The summed E-state index contributed by atoms with van der Waals surface area (Å²) in [5.41, 5.74) is 0.552. The van der Waals surface area contributed by atoms with Crippen LogP contribution in [0, 0.1) is 0 Å². The Hall–Kier alpha value is -1.79. The third kappa shape index (κ3) is 3.61. The van der Waals surface area contributed by atoms with Crippen LogP contribution >= 0.6 is 24.0 Å². The molecule has 1 heterocycles. The maximum atomic E-state index is 11.9. The minimum absolute atomic E-state index is 0.00663. The fraction of sp³-hybridized carbons (Fsp3) is 0.143. The van der Waals surface area contributed by atoms with E-state index < -0.39 is 5.97 Å². The molecule has 0 aliphatic rings. The predicted molar refractivity (Wildman–Crippen MR) is 80.5 cm³/mol. The SMILES string of the molecule is O=C(Cc1c(S)cccc1C(=O)O)NCc1cccs1. The van der Waals surface area contributed by atoms with Crippen LogP contribution in [0.25, 0.3) is 0 Å². The van der Waals surface area contributed by atoms with Crippen molar-refractivity contribution < 1.29 is 14.7 Å². The van der Waals surface area contributed by atoms with Crippen LogP contribution in [-0.2, 0) is 17.8 Å². The molecule has 0 fully saturated rings. The van der Waals surface area contributed by atoms with Crippen LogP contribution in [0.4, 0.5) is 0 Å². The van der Waals surface area contributed by atoms with E-state index in [1.165, 1.54) is 6.07 Å². The summed E-state index contributed by atoms with van der Waals surface area (Å²) in [6.45, 7) is 0.452. The van der Waals surface area contributed by atoms with Crippen molar-refractivity contribution in [2.75, 3.05) is 0 Å². The number of hydrogen-bond acceptors (Lipinski definition) is 4. The van der Waals surface area contributed by atoms with Crippen LogP contribution < -0.4 is 5.32 Å². The number of rotatable bonds is 5. The summed E-state index contributed by atoms with van der Waals surface area (Å²) in [7, 11) is 0. The lowest BCUT2D eigenvalue weighted by Crippen LogP contribution is -2.25. The van der Waals surface area contributed by atoms with Gasteiger partial charge in [0.15, 0.2) is 0 Å². The summed E-state index contributed by atoms with van der Waals surface area (Å²) >= 11 is 5.78. The Morgan fingerprint density at radius 3 is 2.70 bits per heavy atom. The Morgan fingerprint density at radius 1 is 1.25 bits per heavy atom. The van der Waals surface area contributed by atoms with Crippen LogP contribution in [0.3, 0.4) is 0 Å². The number of nitrogens with one attached hydrogen (secondary N) is 1. The second kappa shape index (κ2) is 6.58. The summed E-state index contributed by atoms with van der Waals surface area (Å²) in [6, 6.07) is 8.61. The number of thiol groups is 1. The molecule has 2 aromatic rings. The van der Waals surface area contributed by atoms with Gasteiger partial charge in [-0.1, -0.05) is 12.1 Å². The lowest BCUT2D eigenvalue weighted by Gasteiger charge is -2.09. The van der Waals surface area contributed by atoms with Gasteiger partial charge in [-0.3, -0.25) is 4.79 Å². The minimum Gasteiger partial charge on any atom is -0.478 e. The molecule has 1 aromatic heterocycles. The van der Waals surface area contributed by atoms with E-state index in [0.717, 1.165) is 4.88 Å². The topological polar surface area (TPSA) is 66.4 Å². The van der Waals surface area contributed by atoms with Gasteiger partial charge in [-0.05, 0) is 29.1 Å². The van der Waals surface area contributed by atoms with E-state index in [1.54, 1.807) is 23.5 Å². The first-order valence-corrected chi connectivity index (χ1v) is 7.24. The maximum Gasteiger partial charge on any atom is 0.336 e. The Morgan fingerprint density at radius 2 is 2.05 bits per heavy atom. The highest BCUT2D eigenvalue weighted by atomic mass is 32.1. The summed E-state index contributed by atoms with van der Waals surface area (Å²) in [4.78, 5) is 24.6. The van der Waals surface area contributed by atoms with Crippen LogP contribution in [0.15, 0.2) is 40.6 Å². The number of amides is 1. The quantitative estimate of drug-likeness (QED) is 0.744.